The van der Waals surface area contributed by atoms with Crippen molar-refractivity contribution < 1.29 is 0 Å². The number of rotatable bonds is 5. The number of benzene rings is 4. The Morgan fingerprint density at radius 2 is 1.33 bits per heavy atom. The van der Waals surface area contributed by atoms with Gasteiger partial charge in [0.1, 0.15) is 8.80 Å². The van der Waals surface area contributed by atoms with E-state index in [2.05, 4.69) is 149 Å². The van der Waals surface area contributed by atoms with E-state index in [0.717, 1.165) is 12.0 Å². The molecule has 3 heteroatoms. The molecule has 4 aromatic carbocycles. The summed E-state index contributed by atoms with van der Waals surface area (Å²) in [5, 5.41) is 1.56. The first-order valence-corrected chi connectivity index (χ1v) is 18.7. The average molecular weight is 631 g/mol. The van der Waals surface area contributed by atoms with Gasteiger partial charge in [-0.2, -0.15) is 0 Å². The van der Waals surface area contributed by atoms with Crippen LogP contribution in [0.1, 0.15) is 40.1 Å². The maximum atomic E-state index is 4.44. The highest BCUT2D eigenvalue weighted by Crippen LogP contribution is 2.43. The smallest absolute Gasteiger partial charge is 0.106 e. The van der Waals surface area contributed by atoms with Gasteiger partial charge in [-0.25, -0.2) is 0 Å². The summed E-state index contributed by atoms with van der Waals surface area (Å²) in [6.45, 7) is 0. The first-order valence-electron chi connectivity index (χ1n) is 16.8. The van der Waals surface area contributed by atoms with Gasteiger partial charge in [-0.1, -0.05) is 133 Å². The number of hydrogen-bond acceptors (Lipinski definition) is 2. The standard InChI is InChI=1S/C45H34N2Si/c1-2-15-40(33-19-20-41-42-16-3-4-17-44(42)48-23-6-5-18-45(48)43(41)28-33)39(14-1)32-11-7-10-31(24-32)36-25-37(34-12-8-21-46-29-34)27-38(26-36)35-13-9-22-47-30-35/h1-25,27-30,38,45,48H,26H2. The van der Waals surface area contributed by atoms with Gasteiger partial charge in [0.15, 0.2) is 0 Å². The highest BCUT2D eigenvalue weighted by molar-refractivity contribution is 6.81. The predicted molar refractivity (Wildman–Crippen MR) is 202 cm³/mol. The zero-order valence-electron chi connectivity index (χ0n) is 26.6. The summed E-state index contributed by atoms with van der Waals surface area (Å²) >= 11 is 0. The Balaban J connectivity index is 1.12. The first-order chi connectivity index (χ1) is 23.8. The molecule has 6 aromatic rings. The van der Waals surface area contributed by atoms with Gasteiger partial charge in [0.2, 0.25) is 0 Å². The van der Waals surface area contributed by atoms with Crippen molar-refractivity contribution in [1.29, 1.82) is 0 Å². The Labute approximate surface area is 283 Å². The van der Waals surface area contributed by atoms with Gasteiger partial charge in [0.25, 0.3) is 0 Å². The molecule has 2 aliphatic heterocycles. The molecule has 2 nitrogen and oxygen atoms in total. The van der Waals surface area contributed by atoms with Crippen LogP contribution in [0.5, 0.6) is 0 Å². The van der Waals surface area contributed by atoms with Crippen LogP contribution >= 0.6 is 0 Å². The van der Waals surface area contributed by atoms with Gasteiger partial charge < -0.3 is 0 Å². The SMILES string of the molecule is C1=CC2c3cc(-c4ccccc4-c4cccc(C5=CC(c6cccnc6)=CC(c6cccnc6)C5)c4)ccc3-c3ccccc3[SiH]2C=C1. The molecule has 0 spiro atoms. The van der Waals surface area contributed by atoms with Crippen molar-refractivity contribution in [3.8, 4) is 33.4 Å². The molecule has 3 atom stereocenters. The number of hydrogen-bond donors (Lipinski definition) is 0. The molecule has 3 unspecified atom stereocenters. The van der Waals surface area contributed by atoms with Crippen molar-refractivity contribution >= 4 is 25.1 Å². The molecule has 0 radical (unpaired) electrons. The van der Waals surface area contributed by atoms with Gasteiger partial charge >= 0.3 is 0 Å². The largest absolute Gasteiger partial charge is 0.264 e. The maximum Gasteiger partial charge on any atom is 0.106 e. The van der Waals surface area contributed by atoms with Crippen LogP contribution in [-0.2, 0) is 0 Å². The Morgan fingerprint density at radius 3 is 2.15 bits per heavy atom. The fourth-order valence-electron chi connectivity index (χ4n) is 7.89. The number of fused-ring (bicyclic) bond motifs is 6. The molecule has 0 saturated heterocycles. The summed E-state index contributed by atoms with van der Waals surface area (Å²) in [6.07, 6.45) is 20.2. The molecule has 4 heterocycles. The second-order valence-electron chi connectivity index (χ2n) is 13.0. The predicted octanol–water partition coefficient (Wildman–Crippen LogP) is 9.87. The van der Waals surface area contributed by atoms with Crippen molar-refractivity contribution in [2.45, 2.75) is 17.9 Å². The van der Waals surface area contributed by atoms with Crippen LogP contribution in [0, 0.1) is 0 Å². The van der Waals surface area contributed by atoms with E-state index in [-0.39, 0.29) is 5.92 Å². The summed E-state index contributed by atoms with van der Waals surface area (Å²) in [6, 6.07) is 42.6. The van der Waals surface area contributed by atoms with Gasteiger partial charge in [0.05, 0.1) is 0 Å². The molecular formula is C45H34N2Si. The Kier molecular flexibility index (Phi) is 7.25. The van der Waals surface area contributed by atoms with Crippen LogP contribution in [0.15, 0.2) is 176 Å². The van der Waals surface area contributed by atoms with Crippen molar-refractivity contribution in [1.82, 2.24) is 9.97 Å². The fraction of sp³-hybridized carbons (Fsp3) is 0.0667. The van der Waals surface area contributed by atoms with E-state index in [1.54, 1.807) is 5.19 Å². The molecule has 3 aliphatic rings. The first kappa shape index (κ1) is 28.6. The second-order valence-corrected chi connectivity index (χ2v) is 15.7. The summed E-state index contributed by atoms with van der Waals surface area (Å²) in [7, 11) is -1.32. The monoisotopic (exact) mass is 630 g/mol. The van der Waals surface area contributed by atoms with E-state index in [1.165, 1.54) is 61.2 Å². The van der Waals surface area contributed by atoms with Gasteiger partial charge in [-0.3, -0.25) is 9.97 Å². The Hall–Kier alpha value is -5.64. The number of nitrogens with zero attached hydrogens (tertiary/aromatic N) is 2. The highest BCUT2D eigenvalue weighted by Gasteiger charge is 2.33. The van der Waals surface area contributed by atoms with Crippen LogP contribution in [0.25, 0.3) is 44.5 Å². The van der Waals surface area contributed by atoms with Crippen LogP contribution in [0.4, 0.5) is 0 Å². The molecule has 1 aliphatic carbocycles. The van der Waals surface area contributed by atoms with Crippen molar-refractivity contribution in [2.24, 2.45) is 0 Å². The topological polar surface area (TPSA) is 25.8 Å². The van der Waals surface area contributed by atoms with E-state index in [9.17, 15) is 0 Å². The third-order valence-electron chi connectivity index (χ3n) is 10.2. The molecule has 9 rings (SSSR count). The number of aromatic nitrogens is 2. The number of allylic oxidation sites excluding steroid dienone is 7. The molecule has 0 N–H and O–H groups in total. The molecule has 0 bridgehead atoms. The van der Waals surface area contributed by atoms with E-state index in [1.807, 2.05) is 36.9 Å². The van der Waals surface area contributed by atoms with E-state index in [0.29, 0.717) is 5.54 Å². The van der Waals surface area contributed by atoms with Gasteiger partial charge in [0, 0.05) is 36.2 Å². The van der Waals surface area contributed by atoms with Crippen molar-refractivity contribution in [3.63, 3.8) is 0 Å². The Bertz CT molecular complexity index is 2280. The lowest BCUT2D eigenvalue weighted by atomic mass is 9.81. The molecule has 0 saturated carbocycles. The van der Waals surface area contributed by atoms with Crippen LogP contribution < -0.4 is 5.19 Å². The summed E-state index contributed by atoms with van der Waals surface area (Å²) in [5.74, 6) is 0.238. The highest BCUT2D eigenvalue weighted by atomic mass is 28.3. The van der Waals surface area contributed by atoms with E-state index < -0.39 is 8.80 Å². The minimum absolute atomic E-state index is 0.238. The zero-order valence-corrected chi connectivity index (χ0v) is 27.7. The molecule has 0 fully saturated rings. The minimum atomic E-state index is -1.32. The minimum Gasteiger partial charge on any atom is -0.264 e. The molecule has 48 heavy (non-hydrogen) atoms. The molecule has 2 aromatic heterocycles. The average Bonchev–Trinajstić information content (AvgIpc) is 3.18. The van der Waals surface area contributed by atoms with Crippen LogP contribution in [0.3, 0.4) is 0 Å². The number of pyridine rings is 2. The van der Waals surface area contributed by atoms with Crippen molar-refractivity contribution in [2.75, 3.05) is 0 Å². The Morgan fingerprint density at radius 1 is 0.583 bits per heavy atom. The lowest BCUT2D eigenvalue weighted by Gasteiger charge is -2.33. The quantitative estimate of drug-likeness (QED) is 0.177. The van der Waals surface area contributed by atoms with Crippen molar-refractivity contribution in [3.05, 3.63) is 198 Å². The van der Waals surface area contributed by atoms with E-state index >= 15 is 0 Å². The normalized spacial score (nSPS) is 19.0. The molecular weight excluding hydrogens is 597 g/mol. The van der Waals surface area contributed by atoms with Gasteiger partial charge in [-0.05, 0) is 96.6 Å². The lowest BCUT2D eigenvalue weighted by molar-refractivity contribution is 0.863. The van der Waals surface area contributed by atoms with Crippen LogP contribution in [-0.4, -0.2) is 18.8 Å². The molecule has 0 amide bonds. The summed E-state index contributed by atoms with van der Waals surface area (Å²) < 4.78 is 0. The van der Waals surface area contributed by atoms with E-state index in [4.69, 9.17) is 0 Å². The maximum absolute atomic E-state index is 4.44. The second kappa shape index (κ2) is 12.2. The lowest BCUT2D eigenvalue weighted by Crippen LogP contribution is -2.40. The third kappa shape index (κ3) is 5.13. The summed E-state index contributed by atoms with van der Waals surface area (Å²) in [5.41, 5.74) is 18.4. The van der Waals surface area contributed by atoms with Crippen LogP contribution in [0.2, 0.25) is 0 Å². The molecule has 228 valence electrons. The van der Waals surface area contributed by atoms with Gasteiger partial charge in [-0.15, -0.1) is 0 Å². The third-order valence-corrected chi connectivity index (χ3v) is 13.4. The fourth-order valence-corrected chi connectivity index (χ4v) is 11.1. The zero-order chi connectivity index (χ0) is 31.9. The summed E-state index contributed by atoms with van der Waals surface area (Å²) in [4.78, 5) is 8.86.